The first-order valence-electron chi connectivity index (χ1n) is 3.61. The molecule has 2 aliphatic rings. The highest BCUT2D eigenvalue weighted by Crippen LogP contribution is 2.19. The Morgan fingerprint density at radius 3 is 3.18 bits per heavy atom. The maximum absolute atomic E-state index is 11.0. The van der Waals surface area contributed by atoms with Crippen molar-refractivity contribution in [1.29, 1.82) is 0 Å². The lowest BCUT2D eigenvalue weighted by Gasteiger charge is -2.31. The van der Waals surface area contributed by atoms with Crippen molar-refractivity contribution in [2.45, 2.75) is 6.04 Å². The maximum atomic E-state index is 11.0. The van der Waals surface area contributed by atoms with Crippen molar-refractivity contribution in [3.05, 3.63) is 0 Å². The fraction of sp³-hybridized carbons (Fsp3) is 0.833. The molecule has 0 saturated carbocycles. The average molecular weight is 268 g/mol. The summed E-state index contributed by atoms with van der Waals surface area (Å²) in [5.41, 5.74) is 0. The molecule has 1 atom stereocenters. The third kappa shape index (κ3) is 1.31. The van der Waals surface area contributed by atoms with Crippen molar-refractivity contribution in [2.24, 2.45) is 0 Å². The van der Waals surface area contributed by atoms with Gasteiger partial charge in [0, 0.05) is 42.5 Å². The SMILES string of the molecule is O=C1OC[C@@H]2CN(I)CCN12. The molecule has 0 spiro atoms. The number of carbonyl (C=O) groups excluding carboxylic acids is 1. The predicted molar refractivity (Wildman–Crippen MR) is 47.4 cm³/mol. The van der Waals surface area contributed by atoms with Gasteiger partial charge in [-0.15, -0.1) is 0 Å². The molecular weight excluding hydrogens is 259 g/mol. The van der Waals surface area contributed by atoms with E-state index in [-0.39, 0.29) is 6.09 Å². The Hall–Kier alpha value is -0.0400. The molecule has 4 nitrogen and oxygen atoms in total. The molecule has 5 heteroatoms. The van der Waals surface area contributed by atoms with Crippen molar-refractivity contribution in [2.75, 3.05) is 26.2 Å². The lowest BCUT2D eigenvalue weighted by atomic mass is 10.2. The number of hydrogen-bond donors (Lipinski definition) is 0. The van der Waals surface area contributed by atoms with Gasteiger partial charge in [-0.1, -0.05) is 0 Å². The summed E-state index contributed by atoms with van der Waals surface area (Å²) in [6.45, 7) is 3.27. The number of halogens is 1. The van der Waals surface area contributed by atoms with E-state index in [1.165, 1.54) is 0 Å². The van der Waals surface area contributed by atoms with Gasteiger partial charge in [0.25, 0.3) is 0 Å². The predicted octanol–water partition coefficient (Wildman–Crippen LogP) is 0.473. The van der Waals surface area contributed by atoms with Gasteiger partial charge in [0.2, 0.25) is 0 Å². The van der Waals surface area contributed by atoms with Gasteiger partial charge in [-0.3, -0.25) is 4.90 Å². The molecule has 0 radical (unpaired) electrons. The van der Waals surface area contributed by atoms with Gasteiger partial charge in [0.15, 0.2) is 0 Å². The van der Waals surface area contributed by atoms with Gasteiger partial charge >= 0.3 is 6.09 Å². The lowest BCUT2D eigenvalue weighted by molar-refractivity contribution is 0.151. The lowest BCUT2D eigenvalue weighted by Crippen LogP contribution is -2.48. The van der Waals surface area contributed by atoms with Crippen LogP contribution in [0.1, 0.15) is 0 Å². The van der Waals surface area contributed by atoms with E-state index in [1.54, 1.807) is 0 Å². The molecule has 2 aliphatic heterocycles. The van der Waals surface area contributed by atoms with Gasteiger partial charge in [-0.25, -0.2) is 7.91 Å². The summed E-state index contributed by atoms with van der Waals surface area (Å²) >= 11 is 2.28. The first-order valence-corrected chi connectivity index (χ1v) is 4.58. The Labute approximate surface area is 79.0 Å². The smallest absolute Gasteiger partial charge is 0.410 e. The van der Waals surface area contributed by atoms with Gasteiger partial charge in [0.1, 0.15) is 6.61 Å². The second kappa shape index (κ2) is 2.78. The van der Waals surface area contributed by atoms with E-state index >= 15 is 0 Å². The first kappa shape index (κ1) is 7.60. The molecule has 11 heavy (non-hydrogen) atoms. The van der Waals surface area contributed by atoms with Crippen molar-refractivity contribution in [1.82, 2.24) is 8.01 Å². The van der Waals surface area contributed by atoms with Crippen LogP contribution in [0.2, 0.25) is 0 Å². The van der Waals surface area contributed by atoms with Crippen LogP contribution in [0.5, 0.6) is 0 Å². The van der Waals surface area contributed by atoms with E-state index in [4.69, 9.17) is 4.74 Å². The Morgan fingerprint density at radius 2 is 2.36 bits per heavy atom. The van der Waals surface area contributed by atoms with Crippen LogP contribution in [0, 0.1) is 0 Å². The minimum Gasteiger partial charge on any atom is -0.447 e. The highest BCUT2D eigenvalue weighted by molar-refractivity contribution is 14.1. The molecular formula is C6H9IN2O2. The van der Waals surface area contributed by atoms with E-state index in [2.05, 4.69) is 26.0 Å². The highest BCUT2D eigenvalue weighted by atomic mass is 127. The minimum absolute atomic E-state index is 0.139. The zero-order valence-corrected chi connectivity index (χ0v) is 8.15. The van der Waals surface area contributed by atoms with Crippen LogP contribution in [0.25, 0.3) is 0 Å². The zero-order valence-electron chi connectivity index (χ0n) is 5.99. The molecule has 0 aromatic carbocycles. The highest BCUT2D eigenvalue weighted by Gasteiger charge is 2.36. The molecule has 0 N–H and O–H groups in total. The minimum atomic E-state index is -0.139. The monoisotopic (exact) mass is 268 g/mol. The van der Waals surface area contributed by atoms with E-state index < -0.39 is 0 Å². The zero-order chi connectivity index (χ0) is 7.84. The molecule has 2 rings (SSSR count). The van der Waals surface area contributed by atoms with Crippen LogP contribution in [-0.2, 0) is 4.74 Å². The van der Waals surface area contributed by atoms with E-state index in [0.717, 1.165) is 19.6 Å². The number of piperazine rings is 1. The topological polar surface area (TPSA) is 32.8 Å². The van der Waals surface area contributed by atoms with Crippen molar-refractivity contribution in [3.63, 3.8) is 0 Å². The molecule has 0 unspecified atom stereocenters. The molecule has 2 heterocycles. The van der Waals surface area contributed by atoms with Gasteiger partial charge in [-0.05, 0) is 0 Å². The number of fused-ring (bicyclic) bond motifs is 1. The van der Waals surface area contributed by atoms with E-state index in [9.17, 15) is 4.79 Å². The number of nitrogens with zero attached hydrogens (tertiary/aromatic N) is 2. The van der Waals surface area contributed by atoms with E-state index in [1.807, 2.05) is 4.90 Å². The molecule has 0 aromatic rings. The average Bonchev–Trinajstić information content (AvgIpc) is 2.32. The number of carbonyl (C=O) groups is 1. The Balaban J connectivity index is 2.06. The summed E-state index contributed by atoms with van der Waals surface area (Å²) in [5.74, 6) is 0. The number of cyclic esters (lactones) is 1. The molecule has 2 fully saturated rings. The summed E-state index contributed by atoms with van der Waals surface area (Å²) in [6, 6.07) is 0.299. The van der Waals surface area contributed by atoms with Crippen molar-refractivity contribution >= 4 is 29.0 Å². The number of hydrogen-bond acceptors (Lipinski definition) is 3. The van der Waals surface area contributed by atoms with Crippen molar-refractivity contribution < 1.29 is 9.53 Å². The molecule has 2 saturated heterocycles. The molecule has 0 bridgehead atoms. The van der Waals surface area contributed by atoms with Crippen LogP contribution < -0.4 is 0 Å². The normalized spacial score (nSPS) is 31.9. The van der Waals surface area contributed by atoms with Crippen molar-refractivity contribution in [3.8, 4) is 0 Å². The second-order valence-electron chi connectivity index (χ2n) is 2.79. The standard InChI is InChI=1S/C6H9IN2O2/c7-8-1-2-9-5(3-8)4-11-6(9)10/h5H,1-4H2/t5-/m0/s1. The first-order chi connectivity index (χ1) is 5.27. The summed E-state index contributed by atoms with van der Waals surface area (Å²) in [7, 11) is 0. The van der Waals surface area contributed by atoms with Gasteiger partial charge in [0.05, 0.1) is 6.04 Å². The fourth-order valence-corrected chi connectivity index (χ4v) is 2.12. The van der Waals surface area contributed by atoms with Crippen LogP contribution >= 0.6 is 22.9 Å². The Kier molecular flexibility index (Phi) is 1.92. The number of rotatable bonds is 0. The number of ether oxygens (including phenoxy) is 1. The van der Waals surface area contributed by atoms with Crippen LogP contribution in [-0.4, -0.2) is 46.4 Å². The van der Waals surface area contributed by atoms with Gasteiger partial charge < -0.3 is 4.74 Å². The Morgan fingerprint density at radius 1 is 1.55 bits per heavy atom. The Bertz CT molecular complexity index is 187. The quantitative estimate of drug-likeness (QED) is 0.473. The fourth-order valence-electron chi connectivity index (χ4n) is 1.45. The summed E-state index contributed by atoms with van der Waals surface area (Å²) < 4.78 is 7.10. The molecule has 1 amide bonds. The van der Waals surface area contributed by atoms with E-state index in [0.29, 0.717) is 12.6 Å². The van der Waals surface area contributed by atoms with Crippen LogP contribution in [0.15, 0.2) is 0 Å². The largest absolute Gasteiger partial charge is 0.447 e. The summed E-state index contributed by atoms with van der Waals surface area (Å²) in [6.07, 6.45) is -0.139. The third-order valence-corrected chi connectivity index (χ3v) is 2.94. The molecule has 62 valence electrons. The second-order valence-corrected chi connectivity index (χ2v) is 4.16. The molecule has 0 aromatic heterocycles. The summed E-state index contributed by atoms with van der Waals surface area (Å²) in [5, 5.41) is 0. The van der Waals surface area contributed by atoms with Crippen LogP contribution in [0.3, 0.4) is 0 Å². The molecule has 0 aliphatic carbocycles. The summed E-state index contributed by atoms with van der Waals surface area (Å²) in [4.78, 5) is 12.8. The third-order valence-electron chi connectivity index (χ3n) is 2.07. The van der Waals surface area contributed by atoms with Gasteiger partial charge in [-0.2, -0.15) is 0 Å². The van der Waals surface area contributed by atoms with Crippen LogP contribution in [0.4, 0.5) is 4.79 Å². The number of amides is 1. The maximum Gasteiger partial charge on any atom is 0.410 e.